The van der Waals surface area contributed by atoms with Crippen LogP contribution in [0.25, 0.3) is 0 Å². The van der Waals surface area contributed by atoms with Crippen LogP contribution in [-0.2, 0) is 6.42 Å². The number of hydrogen-bond acceptors (Lipinski definition) is 2. The highest BCUT2D eigenvalue weighted by atomic mass is 16.3. The molecule has 2 unspecified atom stereocenters. The van der Waals surface area contributed by atoms with Crippen LogP contribution in [-0.4, -0.2) is 29.2 Å². The molecule has 1 aliphatic heterocycles. The first-order valence-corrected chi connectivity index (χ1v) is 7.75. The maximum absolute atomic E-state index is 9.71. The lowest BCUT2D eigenvalue weighted by atomic mass is 9.84. The summed E-state index contributed by atoms with van der Waals surface area (Å²) in [5, 5.41) is 9.71. The second kappa shape index (κ2) is 5.64. The van der Waals surface area contributed by atoms with Crippen LogP contribution in [0.3, 0.4) is 0 Å². The Labute approximate surface area is 116 Å². The maximum Gasteiger partial charge on any atom is 0.0541 e. The lowest BCUT2D eigenvalue weighted by Gasteiger charge is -2.40. The number of aliphatic hydroxyl groups is 1. The van der Waals surface area contributed by atoms with E-state index in [2.05, 4.69) is 29.2 Å². The van der Waals surface area contributed by atoms with Gasteiger partial charge >= 0.3 is 0 Å². The second-order valence-electron chi connectivity index (χ2n) is 6.22. The third kappa shape index (κ3) is 2.70. The number of benzene rings is 1. The standard InChI is InChI=1S/C17H25NO/c1-13(19)14-9-11-18(12-10-14)17-8-4-6-15-5-2-3-7-16(15)17/h2-3,5,7,13-14,17,19H,4,6,8-12H2,1H3. The topological polar surface area (TPSA) is 23.5 Å². The van der Waals surface area contributed by atoms with Gasteiger partial charge in [-0.2, -0.15) is 0 Å². The molecule has 1 N–H and O–H groups in total. The Morgan fingerprint density at radius 1 is 1.16 bits per heavy atom. The van der Waals surface area contributed by atoms with E-state index in [9.17, 15) is 5.11 Å². The van der Waals surface area contributed by atoms with Gasteiger partial charge in [-0.3, -0.25) is 4.90 Å². The molecule has 0 bridgehead atoms. The van der Waals surface area contributed by atoms with Gasteiger partial charge in [0, 0.05) is 6.04 Å². The van der Waals surface area contributed by atoms with Crippen molar-refractivity contribution in [3.8, 4) is 0 Å². The molecule has 1 saturated heterocycles. The minimum Gasteiger partial charge on any atom is -0.393 e. The summed E-state index contributed by atoms with van der Waals surface area (Å²) >= 11 is 0. The van der Waals surface area contributed by atoms with Gasteiger partial charge in [-0.25, -0.2) is 0 Å². The molecule has 2 atom stereocenters. The number of nitrogens with zero attached hydrogens (tertiary/aromatic N) is 1. The van der Waals surface area contributed by atoms with Crippen molar-refractivity contribution in [2.75, 3.05) is 13.1 Å². The molecule has 2 heteroatoms. The molecule has 19 heavy (non-hydrogen) atoms. The van der Waals surface area contributed by atoms with E-state index in [0.29, 0.717) is 12.0 Å². The van der Waals surface area contributed by atoms with Crippen molar-refractivity contribution in [1.29, 1.82) is 0 Å². The zero-order valence-corrected chi connectivity index (χ0v) is 11.9. The Morgan fingerprint density at radius 3 is 2.63 bits per heavy atom. The highest BCUT2D eigenvalue weighted by Crippen LogP contribution is 2.36. The third-order valence-electron chi connectivity index (χ3n) is 5.03. The van der Waals surface area contributed by atoms with Gasteiger partial charge in [0.1, 0.15) is 0 Å². The van der Waals surface area contributed by atoms with Crippen LogP contribution in [0.1, 0.15) is 49.8 Å². The molecule has 1 aromatic rings. The maximum atomic E-state index is 9.71. The average Bonchev–Trinajstić information content (AvgIpc) is 2.47. The van der Waals surface area contributed by atoms with Crippen LogP contribution in [0.5, 0.6) is 0 Å². The third-order valence-corrected chi connectivity index (χ3v) is 5.03. The van der Waals surface area contributed by atoms with E-state index in [1.54, 1.807) is 11.1 Å². The highest BCUT2D eigenvalue weighted by Gasteiger charge is 2.30. The van der Waals surface area contributed by atoms with Gasteiger partial charge in [-0.05, 0) is 69.2 Å². The Morgan fingerprint density at radius 2 is 1.89 bits per heavy atom. The van der Waals surface area contributed by atoms with Crippen LogP contribution >= 0.6 is 0 Å². The van der Waals surface area contributed by atoms with E-state index in [-0.39, 0.29) is 6.10 Å². The minimum absolute atomic E-state index is 0.138. The number of aryl methyl sites for hydroxylation is 1. The molecule has 104 valence electrons. The summed E-state index contributed by atoms with van der Waals surface area (Å²) in [6.45, 7) is 4.24. The molecule has 2 nitrogen and oxygen atoms in total. The Kier molecular flexibility index (Phi) is 3.90. The fourth-order valence-corrected chi connectivity index (χ4v) is 3.82. The fraction of sp³-hybridized carbons (Fsp3) is 0.647. The van der Waals surface area contributed by atoms with Crippen LogP contribution in [0.2, 0.25) is 0 Å². The second-order valence-corrected chi connectivity index (χ2v) is 6.22. The van der Waals surface area contributed by atoms with Gasteiger partial charge in [0.15, 0.2) is 0 Å². The summed E-state index contributed by atoms with van der Waals surface area (Å²) in [6.07, 6.45) is 6.03. The minimum atomic E-state index is -0.138. The van der Waals surface area contributed by atoms with Crippen LogP contribution in [0.4, 0.5) is 0 Å². The fourth-order valence-electron chi connectivity index (χ4n) is 3.82. The van der Waals surface area contributed by atoms with Crippen LogP contribution < -0.4 is 0 Å². The van der Waals surface area contributed by atoms with Crippen molar-refractivity contribution in [2.24, 2.45) is 5.92 Å². The van der Waals surface area contributed by atoms with Crippen LogP contribution in [0.15, 0.2) is 24.3 Å². The van der Waals surface area contributed by atoms with Crippen molar-refractivity contribution < 1.29 is 5.11 Å². The molecule has 1 aromatic carbocycles. The number of fused-ring (bicyclic) bond motifs is 1. The van der Waals surface area contributed by atoms with E-state index >= 15 is 0 Å². The quantitative estimate of drug-likeness (QED) is 0.882. The Bertz CT molecular complexity index is 421. The molecule has 2 aliphatic rings. The molecular weight excluding hydrogens is 234 g/mol. The highest BCUT2D eigenvalue weighted by molar-refractivity contribution is 5.32. The number of hydrogen-bond donors (Lipinski definition) is 1. The molecular formula is C17H25NO. The van der Waals surface area contributed by atoms with E-state index in [4.69, 9.17) is 0 Å². The van der Waals surface area contributed by atoms with E-state index < -0.39 is 0 Å². The van der Waals surface area contributed by atoms with E-state index in [1.807, 2.05) is 6.92 Å². The monoisotopic (exact) mass is 259 g/mol. The van der Waals surface area contributed by atoms with Gasteiger partial charge < -0.3 is 5.11 Å². The first-order chi connectivity index (χ1) is 9.25. The normalized spacial score (nSPS) is 26.9. The van der Waals surface area contributed by atoms with E-state index in [1.165, 1.54) is 19.3 Å². The molecule has 1 heterocycles. The lowest BCUT2D eigenvalue weighted by molar-refractivity contribution is 0.0518. The van der Waals surface area contributed by atoms with Gasteiger partial charge in [-0.1, -0.05) is 24.3 Å². The predicted molar refractivity (Wildman–Crippen MR) is 78.1 cm³/mol. The summed E-state index contributed by atoms with van der Waals surface area (Å²) in [6, 6.07) is 9.59. The van der Waals surface area contributed by atoms with Crippen molar-refractivity contribution in [3.05, 3.63) is 35.4 Å². The molecule has 0 saturated carbocycles. The summed E-state index contributed by atoms with van der Waals surface area (Å²) < 4.78 is 0. The molecule has 0 amide bonds. The molecule has 1 aliphatic carbocycles. The zero-order valence-electron chi connectivity index (χ0n) is 11.9. The number of aliphatic hydroxyl groups excluding tert-OH is 1. The molecule has 0 aromatic heterocycles. The van der Waals surface area contributed by atoms with Gasteiger partial charge in [0.2, 0.25) is 0 Å². The summed E-state index contributed by atoms with van der Waals surface area (Å²) in [5.74, 6) is 0.509. The van der Waals surface area contributed by atoms with E-state index in [0.717, 1.165) is 25.9 Å². The number of piperidine rings is 1. The SMILES string of the molecule is CC(O)C1CCN(C2CCCc3ccccc32)CC1. The molecule has 0 radical (unpaired) electrons. The van der Waals surface area contributed by atoms with Crippen molar-refractivity contribution in [1.82, 2.24) is 4.90 Å². The predicted octanol–water partition coefficient (Wildman–Crippen LogP) is 3.16. The van der Waals surface area contributed by atoms with Crippen molar-refractivity contribution in [2.45, 2.75) is 51.2 Å². The first kappa shape index (κ1) is 13.1. The smallest absolute Gasteiger partial charge is 0.0541 e. The Balaban J connectivity index is 1.71. The molecule has 0 spiro atoms. The van der Waals surface area contributed by atoms with Gasteiger partial charge in [0.25, 0.3) is 0 Å². The molecule has 3 rings (SSSR count). The van der Waals surface area contributed by atoms with Gasteiger partial charge in [0.05, 0.1) is 6.10 Å². The number of rotatable bonds is 2. The average molecular weight is 259 g/mol. The van der Waals surface area contributed by atoms with Gasteiger partial charge in [-0.15, -0.1) is 0 Å². The first-order valence-electron chi connectivity index (χ1n) is 7.75. The Hall–Kier alpha value is -0.860. The van der Waals surface area contributed by atoms with Crippen molar-refractivity contribution >= 4 is 0 Å². The summed E-state index contributed by atoms with van der Waals surface area (Å²) in [4.78, 5) is 2.65. The zero-order chi connectivity index (χ0) is 13.2. The number of likely N-dealkylation sites (tertiary alicyclic amines) is 1. The summed E-state index contributed by atoms with van der Waals surface area (Å²) in [5.41, 5.74) is 3.11. The largest absolute Gasteiger partial charge is 0.393 e. The summed E-state index contributed by atoms with van der Waals surface area (Å²) in [7, 11) is 0. The molecule has 1 fully saturated rings. The lowest BCUT2D eigenvalue weighted by Crippen LogP contribution is -2.40. The van der Waals surface area contributed by atoms with Crippen LogP contribution in [0, 0.1) is 5.92 Å². The van der Waals surface area contributed by atoms with Crippen molar-refractivity contribution in [3.63, 3.8) is 0 Å².